The third-order valence-electron chi connectivity index (χ3n) is 1.14. The van der Waals surface area contributed by atoms with Gasteiger partial charge in [-0.1, -0.05) is 0 Å². The third kappa shape index (κ3) is 1.48. The van der Waals surface area contributed by atoms with E-state index >= 15 is 0 Å². The Morgan fingerprint density at radius 1 is 1.70 bits per heavy atom. The lowest BCUT2D eigenvalue weighted by Gasteiger charge is -1.99. The number of pyridine rings is 1. The zero-order valence-corrected chi connectivity index (χ0v) is 7.40. The molecule has 1 aromatic heterocycles. The van der Waals surface area contributed by atoms with Crippen LogP contribution in [0.5, 0.6) is 5.88 Å². The Bertz CT molecular complexity index is 237. The van der Waals surface area contributed by atoms with Crippen LogP contribution in [0.25, 0.3) is 0 Å². The molecule has 10 heavy (non-hydrogen) atoms. The van der Waals surface area contributed by atoms with Crippen LogP contribution in [0.1, 0.15) is 5.56 Å². The van der Waals surface area contributed by atoms with Crippen molar-refractivity contribution in [2.75, 3.05) is 7.11 Å². The Hall–Kier alpha value is -0.570. The standard InChI is InChI=1S/C7H7BrNO/c1-5-3-7(10-2)9-4-6(5)8/h4H,1-2H3. The molecule has 53 valence electrons. The Labute approximate surface area is 68.4 Å². The van der Waals surface area contributed by atoms with Crippen LogP contribution in [0.15, 0.2) is 10.7 Å². The lowest BCUT2D eigenvalue weighted by molar-refractivity contribution is 0.396. The third-order valence-corrected chi connectivity index (χ3v) is 1.94. The minimum atomic E-state index is 0.528. The number of methoxy groups -OCH3 is 1. The van der Waals surface area contributed by atoms with Gasteiger partial charge in [-0.25, -0.2) is 4.98 Å². The van der Waals surface area contributed by atoms with Crippen molar-refractivity contribution in [3.8, 4) is 5.88 Å². The second-order valence-corrected chi connectivity index (χ2v) is 2.72. The van der Waals surface area contributed by atoms with Gasteiger partial charge in [0.05, 0.1) is 13.2 Å². The van der Waals surface area contributed by atoms with Crippen molar-refractivity contribution in [2.45, 2.75) is 6.92 Å². The summed E-state index contributed by atoms with van der Waals surface area (Å²) in [4.78, 5) is 3.93. The average Bonchev–Trinajstić information content (AvgIpc) is 1.95. The predicted octanol–water partition coefficient (Wildman–Crippen LogP) is 1.96. The first-order chi connectivity index (χ1) is 4.74. The normalized spacial score (nSPS) is 9.50. The van der Waals surface area contributed by atoms with Crippen LogP contribution in [-0.4, -0.2) is 12.1 Å². The first-order valence-electron chi connectivity index (χ1n) is 2.82. The van der Waals surface area contributed by atoms with Crippen molar-refractivity contribution in [1.82, 2.24) is 4.98 Å². The highest BCUT2D eigenvalue weighted by Crippen LogP contribution is 2.16. The zero-order valence-electron chi connectivity index (χ0n) is 5.81. The fourth-order valence-electron chi connectivity index (χ4n) is 0.568. The summed E-state index contributed by atoms with van der Waals surface area (Å²) >= 11 is 3.31. The van der Waals surface area contributed by atoms with Crippen LogP contribution in [0.2, 0.25) is 0 Å². The van der Waals surface area contributed by atoms with Crippen molar-refractivity contribution >= 4 is 15.9 Å². The maximum absolute atomic E-state index is 4.86. The fourth-order valence-corrected chi connectivity index (χ4v) is 0.770. The van der Waals surface area contributed by atoms with Gasteiger partial charge < -0.3 is 4.74 Å². The number of aromatic nitrogens is 1. The molecule has 0 bridgehead atoms. The van der Waals surface area contributed by atoms with Crippen molar-refractivity contribution in [2.24, 2.45) is 0 Å². The number of halogens is 1. The van der Waals surface area contributed by atoms with E-state index in [1.807, 2.05) is 6.92 Å². The van der Waals surface area contributed by atoms with Gasteiger partial charge >= 0.3 is 0 Å². The minimum absolute atomic E-state index is 0.528. The molecule has 1 rings (SSSR count). The monoisotopic (exact) mass is 200 g/mol. The molecule has 1 aromatic rings. The topological polar surface area (TPSA) is 22.1 Å². The van der Waals surface area contributed by atoms with E-state index in [2.05, 4.69) is 27.0 Å². The van der Waals surface area contributed by atoms with Crippen molar-refractivity contribution < 1.29 is 4.74 Å². The number of ether oxygens (including phenoxy) is 1. The van der Waals surface area contributed by atoms with Crippen molar-refractivity contribution in [3.63, 3.8) is 0 Å². The summed E-state index contributed by atoms with van der Waals surface area (Å²) in [6.45, 7) is 1.94. The molecule has 0 unspecified atom stereocenters. The van der Waals surface area contributed by atoms with E-state index in [0.717, 1.165) is 10.0 Å². The molecule has 0 saturated heterocycles. The predicted molar refractivity (Wildman–Crippen MR) is 42.1 cm³/mol. The van der Waals surface area contributed by atoms with Gasteiger partial charge in [-0.2, -0.15) is 0 Å². The second-order valence-electron chi connectivity index (χ2n) is 1.87. The number of aryl methyl sites for hydroxylation is 1. The van der Waals surface area contributed by atoms with Gasteiger partial charge in [-0.15, -0.1) is 0 Å². The summed E-state index contributed by atoms with van der Waals surface area (Å²) in [7, 11) is 1.58. The molecule has 0 aliphatic heterocycles. The smallest absolute Gasteiger partial charge is 0.221 e. The molecule has 0 spiro atoms. The molecule has 0 saturated carbocycles. The molecular formula is C7H7BrNO. The molecule has 1 heterocycles. The number of rotatable bonds is 1. The van der Waals surface area contributed by atoms with Crippen LogP contribution in [0.3, 0.4) is 0 Å². The highest BCUT2D eigenvalue weighted by atomic mass is 79.9. The van der Waals surface area contributed by atoms with E-state index in [-0.39, 0.29) is 0 Å². The molecule has 0 aromatic carbocycles. The number of nitrogens with zero attached hydrogens (tertiary/aromatic N) is 1. The molecule has 0 amide bonds. The largest absolute Gasteiger partial charge is 0.481 e. The fraction of sp³-hybridized carbons (Fsp3) is 0.286. The van der Waals surface area contributed by atoms with E-state index in [4.69, 9.17) is 4.74 Å². The summed E-state index contributed by atoms with van der Waals surface area (Å²) in [5, 5.41) is 0. The summed E-state index contributed by atoms with van der Waals surface area (Å²) in [5.74, 6) is 0.528. The van der Waals surface area contributed by atoms with E-state index in [1.54, 1.807) is 13.3 Å². The van der Waals surface area contributed by atoms with Gasteiger partial charge in [0.2, 0.25) is 5.88 Å². The molecule has 0 fully saturated rings. The van der Waals surface area contributed by atoms with Crippen LogP contribution in [0, 0.1) is 13.0 Å². The van der Waals surface area contributed by atoms with E-state index < -0.39 is 0 Å². The summed E-state index contributed by atoms with van der Waals surface area (Å²) in [6, 6.07) is 2.95. The van der Waals surface area contributed by atoms with E-state index in [1.165, 1.54) is 0 Å². The lowest BCUT2D eigenvalue weighted by Crippen LogP contribution is -1.88. The molecule has 0 N–H and O–H groups in total. The van der Waals surface area contributed by atoms with Crippen molar-refractivity contribution in [3.05, 3.63) is 22.3 Å². The van der Waals surface area contributed by atoms with Gasteiger partial charge in [0.25, 0.3) is 0 Å². The minimum Gasteiger partial charge on any atom is -0.481 e. The van der Waals surface area contributed by atoms with Gasteiger partial charge in [-0.05, 0) is 28.4 Å². The summed E-state index contributed by atoms with van der Waals surface area (Å²) in [6.07, 6.45) is 1.70. The molecule has 2 nitrogen and oxygen atoms in total. The zero-order chi connectivity index (χ0) is 7.56. The van der Waals surface area contributed by atoms with E-state index in [9.17, 15) is 0 Å². The lowest BCUT2D eigenvalue weighted by atomic mass is 10.3. The summed E-state index contributed by atoms with van der Waals surface area (Å²) < 4.78 is 5.81. The molecule has 3 heteroatoms. The van der Waals surface area contributed by atoms with Crippen LogP contribution >= 0.6 is 15.9 Å². The average molecular weight is 201 g/mol. The van der Waals surface area contributed by atoms with Gasteiger partial charge in [0.15, 0.2) is 0 Å². The number of hydrogen-bond acceptors (Lipinski definition) is 2. The molecule has 0 aliphatic carbocycles. The number of hydrogen-bond donors (Lipinski definition) is 0. The van der Waals surface area contributed by atoms with Crippen LogP contribution in [0.4, 0.5) is 0 Å². The van der Waals surface area contributed by atoms with E-state index in [0.29, 0.717) is 5.88 Å². The Balaban J connectivity index is 3.04. The van der Waals surface area contributed by atoms with Gasteiger partial charge in [0, 0.05) is 10.7 Å². The Kier molecular flexibility index (Phi) is 2.27. The molecule has 0 aliphatic rings. The Morgan fingerprint density at radius 3 is 2.90 bits per heavy atom. The Morgan fingerprint density at radius 2 is 2.40 bits per heavy atom. The summed E-state index contributed by atoms with van der Waals surface area (Å²) in [5.41, 5.74) is 1.01. The van der Waals surface area contributed by atoms with Crippen molar-refractivity contribution in [1.29, 1.82) is 0 Å². The molecule has 0 atom stereocenters. The quantitative estimate of drug-likeness (QED) is 0.692. The molecule has 1 radical (unpaired) electrons. The van der Waals surface area contributed by atoms with Crippen LogP contribution < -0.4 is 4.74 Å². The second kappa shape index (κ2) is 3.01. The SMILES string of the molecule is COc1[c]c(C)c(Br)cn1. The van der Waals surface area contributed by atoms with Gasteiger partial charge in [-0.3, -0.25) is 0 Å². The first kappa shape index (κ1) is 7.54. The maximum atomic E-state index is 4.86. The molecular weight excluding hydrogens is 194 g/mol. The van der Waals surface area contributed by atoms with Crippen LogP contribution in [-0.2, 0) is 0 Å². The maximum Gasteiger partial charge on any atom is 0.221 e. The van der Waals surface area contributed by atoms with Gasteiger partial charge in [0.1, 0.15) is 0 Å². The highest BCUT2D eigenvalue weighted by Gasteiger charge is 1.97. The highest BCUT2D eigenvalue weighted by molar-refractivity contribution is 9.10. The first-order valence-corrected chi connectivity index (χ1v) is 3.61.